The molecule has 2 aromatic rings. The van der Waals surface area contributed by atoms with Crippen LogP contribution in [-0.4, -0.2) is 35.2 Å². The van der Waals surface area contributed by atoms with Gasteiger partial charge in [-0.2, -0.15) is 0 Å². The molecule has 3 aliphatic carbocycles. The molecule has 6 atom stereocenters. The monoisotopic (exact) mass is 428 g/mol. The van der Waals surface area contributed by atoms with Crippen LogP contribution in [0.15, 0.2) is 11.0 Å². The summed E-state index contributed by atoms with van der Waals surface area (Å²) < 4.78 is 31.4. The van der Waals surface area contributed by atoms with Crippen LogP contribution in [0.25, 0.3) is 10.9 Å². The van der Waals surface area contributed by atoms with Crippen molar-refractivity contribution in [2.45, 2.75) is 50.9 Å². The summed E-state index contributed by atoms with van der Waals surface area (Å²) in [7, 11) is 0. The van der Waals surface area contributed by atoms with Gasteiger partial charge in [0.2, 0.25) is 5.43 Å². The molecule has 6 nitrogen and oxygen atoms in total. The van der Waals surface area contributed by atoms with Gasteiger partial charge >= 0.3 is 0 Å². The van der Waals surface area contributed by atoms with Gasteiger partial charge in [0.25, 0.3) is 0 Å². The van der Waals surface area contributed by atoms with E-state index in [2.05, 4.69) is 0 Å². The highest BCUT2D eigenvalue weighted by Gasteiger charge is 2.66. The minimum atomic E-state index is -1.06. The number of nitrogens with zero attached hydrogens (tertiary/aromatic N) is 2. The van der Waals surface area contributed by atoms with Crippen molar-refractivity contribution in [3.63, 3.8) is 0 Å². The number of hydrogen-bond donors (Lipinski definition) is 2. The first kappa shape index (κ1) is 19.2. The second-order valence-corrected chi connectivity index (χ2v) is 10.1. The van der Waals surface area contributed by atoms with Crippen LogP contribution in [0.4, 0.5) is 20.2 Å². The third-order valence-electron chi connectivity index (χ3n) is 8.31. The molecule has 4 N–H and O–H groups in total. The van der Waals surface area contributed by atoms with Gasteiger partial charge in [0, 0.05) is 31.2 Å². The minimum absolute atomic E-state index is 0.0255. The van der Waals surface area contributed by atoms with Crippen LogP contribution in [-0.2, 0) is 0 Å². The summed E-state index contributed by atoms with van der Waals surface area (Å²) in [6.45, 7) is 4.39. The predicted molar refractivity (Wildman–Crippen MR) is 115 cm³/mol. The van der Waals surface area contributed by atoms with Crippen LogP contribution in [0, 0.1) is 30.5 Å². The third kappa shape index (κ3) is 2.39. The van der Waals surface area contributed by atoms with Gasteiger partial charge in [-0.3, -0.25) is 9.59 Å². The fraction of sp³-hybridized carbons (Fsp3) is 0.565. The maximum Gasteiger partial charge on any atom is 0.202 e. The van der Waals surface area contributed by atoms with E-state index >= 15 is 4.39 Å². The lowest BCUT2D eigenvalue weighted by molar-refractivity contribution is 0.101. The zero-order chi connectivity index (χ0) is 22.0. The fourth-order valence-corrected chi connectivity index (χ4v) is 6.50. The molecule has 8 heteroatoms. The lowest BCUT2D eigenvalue weighted by Crippen LogP contribution is -2.35. The molecule has 164 valence electrons. The van der Waals surface area contributed by atoms with Gasteiger partial charge in [-0.05, 0) is 50.0 Å². The topological polar surface area (TPSA) is 94.3 Å². The van der Waals surface area contributed by atoms with Crippen LogP contribution in [0.1, 0.15) is 48.1 Å². The average molecular weight is 428 g/mol. The zero-order valence-electron chi connectivity index (χ0n) is 17.6. The molecule has 0 radical (unpaired) electrons. The molecule has 31 heavy (non-hydrogen) atoms. The van der Waals surface area contributed by atoms with Gasteiger partial charge in [0.15, 0.2) is 11.6 Å². The van der Waals surface area contributed by atoms with Crippen molar-refractivity contribution < 1.29 is 13.6 Å². The quantitative estimate of drug-likeness (QED) is 0.579. The number of ketones is 1. The number of carbonyl (C=O) groups excluding carboxylic acids is 1. The average Bonchev–Trinajstić information content (AvgIpc) is 3.49. The van der Waals surface area contributed by atoms with Crippen molar-refractivity contribution in [2.24, 2.45) is 23.5 Å². The van der Waals surface area contributed by atoms with Crippen LogP contribution in [0.5, 0.6) is 0 Å². The van der Waals surface area contributed by atoms with E-state index in [1.165, 1.54) is 13.1 Å². The molecule has 0 bridgehead atoms. The Morgan fingerprint density at radius 3 is 2.61 bits per heavy atom. The number of hydrogen-bond acceptors (Lipinski definition) is 5. The van der Waals surface area contributed by atoms with Gasteiger partial charge < -0.3 is 20.9 Å². The van der Waals surface area contributed by atoms with Gasteiger partial charge in [0.1, 0.15) is 6.17 Å². The summed E-state index contributed by atoms with van der Waals surface area (Å²) in [4.78, 5) is 27.1. The molecule has 6 rings (SSSR count). The van der Waals surface area contributed by atoms with E-state index in [1.807, 2.05) is 4.90 Å². The largest absolute Gasteiger partial charge is 0.396 e. The van der Waals surface area contributed by atoms with Crippen molar-refractivity contribution >= 4 is 28.1 Å². The summed E-state index contributed by atoms with van der Waals surface area (Å²) in [6.07, 6.45) is 2.77. The highest BCUT2D eigenvalue weighted by Crippen LogP contribution is 2.62. The van der Waals surface area contributed by atoms with E-state index in [0.29, 0.717) is 54.0 Å². The van der Waals surface area contributed by atoms with Crippen molar-refractivity contribution in [1.82, 2.24) is 4.57 Å². The first-order valence-corrected chi connectivity index (χ1v) is 11.0. The minimum Gasteiger partial charge on any atom is -0.396 e. The number of halogens is 2. The van der Waals surface area contributed by atoms with Crippen molar-refractivity contribution in [2.75, 3.05) is 23.7 Å². The number of rotatable bonds is 3. The molecule has 3 saturated carbocycles. The van der Waals surface area contributed by atoms with Gasteiger partial charge in [0.05, 0.1) is 33.9 Å². The lowest BCUT2D eigenvalue weighted by atomic mass is 9.92. The molecule has 0 amide bonds. The second-order valence-electron chi connectivity index (χ2n) is 10.1. The molecule has 1 aromatic carbocycles. The van der Waals surface area contributed by atoms with Crippen LogP contribution in [0.3, 0.4) is 0 Å². The first-order chi connectivity index (χ1) is 14.6. The molecule has 1 aromatic heterocycles. The molecule has 1 aliphatic heterocycles. The summed E-state index contributed by atoms with van der Waals surface area (Å²) in [5.74, 6) is 0.261. The third-order valence-corrected chi connectivity index (χ3v) is 8.31. The standard InChI is InChI=1S/C23H26F2N4O2/c1-9-20-17(22(31)13(10(2)30)7-29(20)16-4-15(16)24)19(26)18(25)21(9)28-6-11-3-12-5-23(12,27)14(11)8-28/h7,11-12,14-16H,3-6,8,26-27H2,1-2H3/t11?,12?,14?,15-,16+,23+/m0/s1. The number of fused-ring (bicyclic) bond motifs is 4. The number of nitrogens with two attached hydrogens (primary N) is 2. The summed E-state index contributed by atoms with van der Waals surface area (Å²) >= 11 is 0. The Kier molecular flexibility index (Phi) is 3.63. The Labute approximate surface area is 178 Å². The number of pyridine rings is 1. The summed E-state index contributed by atoms with van der Waals surface area (Å²) in [5.41, 5.74) is 13.0. The number of anilines is 2. The number of benzene rings is 1. The molecule has 2 heterocycles. The molecule has 1 saturated heterocycles. The van der Waals surface area contributed by atoms with Crippen LogP contribution in [0.2, 0.25) is 0 Å². The van der Waals surface area contributed by atoms with E-state index in [-0.39, 0.29) is 22.2 Å². The second kappa shape index (κ2) is 5.85. The molecule has 4 aliphatic rings. The number of Topliss-reactive ketones (excluding diaryl/α,β-unsaturated/α-hetero) is 1. The smallest absolute Gasteiger partial charge is 0.202 e. The predicted octanol–water partition coefficient (Wildman–Crippen LogP) is 2.69. The van der Waals surface area contributed by atoms with E-state index in [4.69, 9.17) is 11.5 Å². The van der Waals surface area contributed by atoms with Crippen molar-refractivity contribution in [3.05, 3.63) is 33.4 Å². The molecule has 0 spiro atoms. The number of carbonyl (C=O) groups is 1. The number of aryl methyl sites for hydroxylation is 1. The van der Waals surface area contributed by atoms with Crippen LogP contribution >= 0.6 is 0 Å². The van der Waals surface area contributed by atoms with Gasteiger partial charge in [-0.1, -0.05) is 0 Å². The molecule has 4 fully saturated rings. The lowest BCUT2D eigenvalue weighted by Gasteiger charge is -2.26. The number of nitrogen functional groups attached to an aromatic ring is 1. The molecular formula is C23H26F2N4O2. The van der Waals surface area contributed by atoms with Crippen molar-refractivity contribution in [1.29, 1.82) is 0 Å². The summed E-state index contributed by atoms with van der Waals surface area (Å²) in [5, 5.41) is -0.0255. The van der Waals surface area contributed by atoms with E-state index < -0.39 is 29.2 Å². The normalized spacial score (nSPS) is 35.4. The highest BCUT2D eigenvalue weighted by molar-refractivity contribution is 6.03. The maximum absolute atomic E-state index is 15.7. The van der Waals surface area contributed by atoms with Gasteiger partial charge in [-0.25, -0.2) is 8.78 Å². The number of alkyl halides is 1. The zero-order valence-corrected chi connectivity index (χ0v) is 17.6. The SMILES string of the molecule is CC(=O)c1cn([C@@H]2C[C@@H]2F)c2c(C)c(N3CC4CC5C[C@]5(N)C4C3)c(F)c(N)c2c1=O. The first-order valence-electron chi connectivity index (χ1n) is 11.0. The molecular weight excluding hydrogens is 402 g/mol. The molecule has 3 unspecified atom stereocenters. The Bertz CT molecular complexity index is 1240. The van der Waals surface area contributed by atoms with Crippen LogP contribution < -0.4 is 21.8 Å². The Morgan fingerprint density at radius 1 is 1.29 bits per heavy atom. The Hall–Kier alpha value is -2.48. The van der Waals surface area contributed by atoms with Crippen molar-refractivity contribution in [3.8, 4) is 0 Å². The Morgan fingerprint density at radius 2 is 2.00 bits per heavy atom. The van der Waals surface area contributed by atoms with E-state index in [1.54, 1.807) is 11.5 Å². The van der Waals surface area contributed by atoms with E-state index in [0.717, 1.165) is 12.8 Å². The van der Waals surface area contributed by atoms with Gasteiger partial charge in [-0.15, -0.1) is 0 Å². The Balaban J connectivity index is 1.57. The number of aromatic nitrogens is 1. The summed E-state index contributed by atoms with van der Waals surface area (Å²) in [6, 6.07) is -0.477. The fourth-order valence-electron chi connectivity index (χ4n) is 6.50. The highest BCUT2D eigenvalue weighted by atomic mass is 19.1. The maximum atomic E-state index is 15.7. The van der Waals surface area contributed by atoms with E-state index in [9.17, 15) is 14.0 Å².